The van der Waals surface area contributed by atoms with Crippen LogP contribution in [0.15, 0.2) is 28.9 Å². The molecule has 1 aromatic carbocycles. The largest absolute Gasteiger partial charge is 0.476 e. The number of aromatic amines is 1. The molecule has 0 fully saturated rings. The fourth-order valence-corrected chi connectivity index (χ4v) is 1.74. The third-order valence-corrected chi connectivity index (χ3v) is 2.53. The molecule has 3 aromatic rings. The molecule has 2 N–H and O–H groups in total. The van der Waals surface area contributed by atoms with Gasteiger partial charge in [-0.05, 0) is 34.6 Å². The molecule has 90 valence electrons. The van der Waals surface area contributed by atoms with E-state index in [0.717, 1.165) is 0 Å². The summed E-state index contributed by atoms with van der Waals surface area (Å²) in [5.74, 6) is -1.61. The zero-order valence-corrected chi connectivity index (χ0v) is 8.85. The van der Waals surface area contributed by atoms with Gasteiger partial charge in [0.2, 0.25) is 5.69 Å². The molecule has 6 nitrogen and oxygen atoms in total. The van der Waals surface area contributed by atoms with Crippen LogP contribution < -0.4 is 0 Å². The van der Waals surface area contributed by atoms with Crippen molar-refractivity contribution in [2.24, 2.45) is 0 Å². The van der Waals surface area contributed by atoms with Crippen LogP contribution in [0.2, 0.25) is 0 Å². The van der Waals surface area contributed by atoms with Gasteiger partial charge in [0.25, 0.3) is 0 Å². The normalized spacial score (nSPS) is 10.9. The summed E-state index contributed by atoms with van der Waals surface area (Å²) >= 11 is 0. The summed E-state index contributed by atoms with van der Waals surface area (Å²) in [5, 5.41) is 16.3. The molecule has 7 heteroatoms. The predicted molar refractivity (Wildman–Crippen MR) is 58.5 cm³/mol. The highest BCUT2D eigenvalue weighted by atomic mass is 19.1. The maximum atomic E-state index is 13.0. The molecular weight excluding hydrogens is 241 g/mol. The highest BCUT2D eigenvalue weighted by molar-refractivity contribution is 5.94. The number of nitrogens with one attached hydrogen (secondary N) is 1. The Morgan fingerprint density at radius 1 is 1.33 bits per heavy atom. The van der Waals surface area contributed by atoms with Crippen LogP contribution in [0.3, 0.4) is 0 Å². The van der Waals surface area contributed by atoms with Crippen LogP contribution in [0, 0.1) is 5.82 Å². The number of carboxylic acids is 1. The summed E-state index contributed by atoms with van der Waals surface area (Å²) in [6, 6.07) is 5.79. The number of carboxylic acid groups (broad SMARTS) is 1. The molecule has 0 radical (unpaired) electrons. The fourth-order valence-electron chi connectivity index (χ4n) is 1.74. The maximum absolute atomic E-state index is 13.0. The second kappa shape index (κ2) is 3.66. The van der Waals surface area contributed by atoms with E-state index in [2.05, 4.69) is 19.9 Å². The molecule has 18 heavy (non-hydrogen) atoms. The third kappa shape index (κ3) is 1.53. The summed E-state index contributed by atoms with van der Waals surface area (Å²) in [4.78, 5) is 13.8. The van der Waals surface area contributed by atoms with Crippen LogP contribution in [-0.2, 0) is 0 Å². The van der Waals surface area contributed by atoms with Crippen LogP contribution in [0.4, 0.5) is 4.39 Å². The molecule has 0 aliphatic carbocycles. The quantitative estimate of drug-likeness (QED) is 0.723. The van der Waals surface area contributed by atoms with E-state index in [1.807, 2.05) is 0 Å². The highest BCUT2D eigenvalue weighted by Crippen LogP contribution is 2.25. The summed E-state index contributed by atoms with van der Waals surface area (Å²) < 4.78 is 17.4. The van der Waals surface area contributed by atoms with Crippen LogP contribution in [0.1, 0.15) is 10.5 Å². The highest BCUT2D eigenvalue weighted by Gasteiger charge is 2.20. The molecule has 2 heterocycles. The zero-order chi connectivity index (χ0) is 12.7. The van der Waals surface area contributed by atoms with Crippen LogP contribution in [-0.4, -0.2) is 26.4 Å². The first-order chi connectivity index (χ1) is 8.65. The summed E-state index contributed by atoms with van der Waals surface area (Å²) in [7, 11) is 0. The predicted octanol–water partition coefficient (Wildman–Crippen LogP) is 2.06. The lowest BCUT2D eigenvalue weighted by Crippen LogP contribution is -1.99. The molecular formula is C11H6FN3O3. The Hall–Kier alpha value is -2.70. The molecule has 3 rings (SSSR count). The van der Waals surface area contributed by atoms with Gasteiger partial charge in [-0.15, -0.1) is 0 Å². The van der Waals surface area contributed by atoms with Gasteiger partial charge in [-0.25, -0.2) is 13.8 Å². The van der Waals surface area contributed by atoms with Crippen LogP contribution >= 0.6 is 0 Å². The minimum Gasteiger partial charge on any atom is -0.476 e. The van der Waals surface area contributed by atoms with Gasteiger partial charge in [-0.3, -0.25) is 0 Å². The molecule has 0 aliphatic rings. The van der Waals surface area contributed by atoms with Gasteiger partial charge >= 0.3 is 5.97 Å². The van der Waals surface area contributed by atoms with E-state index in [9.17, 15) is 9.18 Å². The molecule has 0 bridgehead atoms. The van der Waals surface area contributed by atoms with E-state index in [-0.39, 0.29) is 17.2 Å². The van der Waals surface area contributed by atoms with Gasteiger partial charge in [-0.1, -0.05) is 0 Å². The number of hydrogen-bond donors (Lipinski definition) is 2. The first-order valence-corrected chi connectivity index (χ1v) is 4.99. The standard InChI is InChI=1S/C11H6FN3O3/c12-6-1-2-7-5(3-6)4-8(13-7)9-10(11(16)17)15-18-14-9/h1-4,13H,(H,16,17). The smallest absolute Gasteiger partial charge is 0.360 e. The Labute approximate surface area is 99.0 Å². The van der Waals surface area contributed by atoms with Crippen molar-refractivity contribution >= 4 is 16.9 Å². The zero-order valence-electron chi connectivity index (χ0n) is 8.85. The summed E-state index contributed by atoms with van der Waals surface area (Å²) in [5.41, 5.74) is 0.876. The number of H-pyrrole nitrogens is 1. The summed E-state index contributed by atoms with van der Waals surface area (Å²) in [6.07, 6.45) is 0. The number of fused-ring (bicyclic) bond motifs is 1. The van der Waals surface area contributed by atoms with E-state index in [1.54, 1.807) is 12.1 Å². The van der Waals surface area contributed by atoms with Gasteiger partial charge in [0.05, 0.1) is 5.69 Å². The van der Waals surface area contributed by atoms with Crippen molar-refractivity contribution in [2.45, 2.75) is 0 Å². The van der Waals surface area contributed by atoms with Crippen molar-refractivity contribution in [3.63, 3.8) is 0 Å². The number of rotatable bonds is 2. The van der Waals surface area contributed by atoms with Crippen molar-refractivity contribution in [3.05, 3.63) is 35.8 Å². The Morgan fingerprint density at radius 2 is 2.17 bits per heavy atom. The number of halogens is 1. The lowest BCUT2D eigenvalue weighted by atomic mass is 10.2. The molecule has 0 amide bonds. The third-order valence-electron chi connectivity index (χ3n) is 2.53. The minimum absolute atomic E-state index is 0.0825. The van der Waals surface area contributed by atoms with E-state index >= 15 is 0 Å². The van der Waals surface area contributed by atoms with Crippen LogP contribution in [0.25, 0.3) is 22.3 Å². The molecule has 0 saturated heterocycles. The van der Waals surface area contributed by atoms with Crippen molar-refractivity contribution in [2.75, 3.05) is 0 Å². The van der Waals surface area contributed by atoms with Crippen molar-refractivity contribution in [1.82, 2.24) is 15.3 Å². The van der Waals surface area contributed by atoms with Gasteiger partial charge in [0.1, 0.15) is 5.82 Å². The van der Waals surface area contributed by atoms with Gasteiger partial charge in [-0.2, -0.15) is 0 Å². The van der Waals surface area contributed by atoms with Crippen molar-refractivity contribution < 1.29 is 18.9 Å². The Morgan fingerprint density at radius 3 is 2.94 bits per heavy atom. The first-order valence-electron chi connectivity index (χ1n) is 4.99. The number of aromatic nitrogens is 3. The average Bonchev–Trinajstić information content (AvgIpc) is 2.93. The van der Waals surface area contributed by atoms with Gasteiger partial charge in [0, 0.05) is 10.9 Å². The molecule has 0 spiro atoms. The number of benzene rings is 1. The van der Waals surface area contributed by atoms with Crippen LogP contribution in [0.5, 0.6) is 0 Å². The van der Waals surface area contributed by atoms with Gasteiger partial charge in [0.15, 0.2) is 5.69 Å². The van der Waals surface area contributed by atoms with Crippen molar-refractivity contribution in [3.8, 4) is 11.4 Å². The molecule has 0 unspecified atom stereocenters. The maximum Gasteiger partial charge on any atom is 0.360 e. The average molecular weight is 247 g/mol. The molecule has 0 atom stereocenters. The molecule has 0 aliphatic heterocycles. The van der Waals surface area contributed by atoms with E-state index in [1.165, 1.54) is 12.1 Å². The van der Waals surface area contributed by atoms with Gasteiger partial charge < -0.3 is 10.1 Å². The molecule has 0 saturated carbocycles. The second-order valence-corrected chi connectivity index (χ2v) is 3.68. The Kier molecular flexibility index (Phi) is 2.12. The topological polar surface area (TPSA) is 92.0 Å². The fraction of sp³-hybridized carbons (Fsp3) is 0. The van der Waals surface area contributed by atoms with E-state index in [4.69, 9.17) is 5.11 Å². The SMILES string of the molecule is O=C(O)c1nonc1-c1cc2cc(F)ccc2[nH]1. The number of hydrogen-bond acceptors (Lipinski definition) is 4. The lowest BCUT2D eigenvalue weighted by Gasteiger charge is -1.90. The minimum atomic E-state index is -1.24. The number of nitrogens with zero attached hydrogens (tertiary/aromatic N) is 2. The van der Waals surface area contributed by atoms with E-state index < -0.39 is 5.97 Å². The van der Waals surface area contributed by atoms with E-state index in [0.29, 0.717) is 16.6 Å². The first kappa shape index (κ1) is 10.5. The number of carbonyl (C=O) groups is 1. The second-order valence-electron chi connectivity index (χ2n) is 3.68. The summed E-state index contributed by atoms with van der Waals surface area (Å²) in [6.45, 7) is 0. The monoisotopic (exact) mass is 247 g/mol. The number of aromatic carboxylic acids is 1. The lowest BCUT2D eigenvalue weighted by molar-refractivity contribution is 0.0685. The molecule has 2 aromatic heterocycles. The Bertz CT molecular complexity index is 747. The van der Waals surface area contributed by atoms with Crippen molar-refractivity contribution in [1.29, 1.82) is 0 Å². The Balaban J connectivity index is 2.19.